The van der Waals surface area contributed by atoms with E-state index in [1.807, 2.05) is 30.3 Å². The Morgan fingerprint density at radius 3 is 2.48 bits per heavy atom. The maximum absolute atomic E-state index is 12.7. The molecular weight excluding hydrogens is 318 g/mol. The Hall–Kier alpha value is -2.76. The van der Waals surface area contributed by atoms with Crippen LogP contribution in [-0.2, 0) is 4.79 Å². The Bertz CT molecular complexity index is 784. The molecule has 2 aromatic rings. The van der Waals surface area contributed by atoms with E-state index in [1.165, 1.54) is 6.20 Å². The maximum Gasteiger partial charge on any atom is 0.305 e. The van der Waals surface area contributed by atoms with Gasteiger partial charge in [-0.3, -0.25) is 9.59 Å². The van der Waals surface area contributed by atoms with Crippen LogP contribution in [0.5, 0.6) is 0 Å². The van der Waals surface area contributed by atoms with Crippen LogP contribution in [0.1, 0.15) is 48.2 Å². The summed E-state index contributed by atoms with van der Waals surface area (Å²) < 4.78 is 0. The number of amides is 1. The first-order chi connectivity index (χ1) is 12.0. The second-order valence-electron chi connectivity index (χ2n) is 6.57. The molecule has 1 aromatic carbocycles. The summed E-state index contributed by atoms with van der Waals surface area (Å²) in [5.74, 6) is -0.634. The third-order valence-electron chi connectivity index (χ3n) is 4.68. The molecule has 0 bridgehead atoms. The van der Waals surface area contributed by atoms with E-state index in [2.05, 4.69) is 15.3 Å². The number of carboxylic acid groups (broad SMARTS) is 1. The van der Waals surface area contributed by atoms with Gasteiger partial charge in [-0.15, -0.1) is 0 Å². The number of carbonyl (C=O) groups excluding carboxylic acids is 1. The van der Waals surface area contributed by atoms with Crippen molar-refractivity contribution >= 4 is 11.9 Å². The largest absolute Gasteiger partial charge is 0.481 e. The smallest absolute Gasteiger partial charge is 0.305 e. The topological polar surface area (TPSA) is 92.2 Å². The Morgan fingerprint density at radius 1 is 1.20 bits per heavy atom. The van der Waals surface area contributed by atoms with Crippen LogP contribution >= 0.6 is 0 Å². The summed E-state index contributed by atoms with van der Waals surface area (Å²) in [7, 11) is 0. The normalized spacial score (nSPS) is 15.7. The molecule has 1 fully saturated rings. The number of aryl methyl sites for hydroxylation is 1. The quantitative estimate of drug-likeness (QED) is 0.874. The number of hydrogen-bond donors (Lipinski definition) is 2. The third-order valence-corrected chi connectivity index (χ3v) is 4.68. The molecule has 25 heavy (non-hydrogen) atoms. The van der Waals surface area contributed by atoms with E-state index in [0.717, 1.165) is 18.4 Å². The van der Waals surface area contributed by atoms with Crippen LogP contribution in [0.4, 0.5) is 0 Å². The molecule has 3 rings (SSSR count). The predicted molar refractivity (Wildman–Crippen MR) is 93.1 cm³/mol. The van der Waals surface area contributed by atoms with E-state index in [0.29, 0.717) is 29.9 Å². The van der Waals surface area contributed by atoms with Gasteiger partial charge in [0.05, 0.1) is 23.2 Å². The highest BCUT2D eigenvalue weighted by atomic mass is 16.4. The molecule has 1 aliphatic carbocycles. The molecule has 1 saturated carbocycles. The molecule has 1 aromatic heterocycles. The SMILES string of the molecule is Cc1nc(-c2ccccc2)ncc1C(=O)NC1(CC(=O)O)CCCC1. The molecule has 1 aliphatic rings. The summed E-state index contributed by atoms with van der Waals surface area (Å²) in [6, 6.07) is 9.56. The summed E-state index contributed by atoms with van der Waals surface area (Å²) in [6.07, 6.45) is 4.69. The van der Waals surface area contributed by atoms with Crippen LogP contribution in [0.25, 0.3) is 11.4 Å². The van der Waals surface area contributed by atoms with E-state index in [9.17, 15) is 9.59 Å². The van der Waals surface area contributed by atoms with Crippen molar-refractivity contribution in [3.63, 3.8) is 0 Å². The fourth-order valence-corrected chi connectivity index (χ4v) is 3.41. The Kier molecular flexibility index (Phi) is 4.79. The zero-order chi connectivity index (χ0) is 17.9. The molecule has 0 radical (unpaired) electrons. The van der Waals surface area contributed by atoms with E-state index < -0.39 is 11.5 Å². The van der Waals surface area contributed by atoms with Gasteiger partial charge in [0.1, 0.15) is 0 Å². The Labute approximate surface area is 146 Å². The molecule has 0 saturated heterocycles. The van der Waals surface area contributed by atoms with E-state index in [-0.39, 0.29) is 12.3 Å². The van der Waals surface area contributed by atoms with Crippen molar-refractivity contribution in [2.24, 2.45) is 0 Å². The van der Waals surface area contributed by atoms with Crippen LogP contribution in [0, 0.1) is 6.92 Å². The van der Waals surface area contributed by atoms with Crippen LogP contribution in [0.15, 0.2) is 36.5 Å². The maximum atomic E-state index is 12.7. The second-order valence-corrected chi connectivity index (χ2v) is 6.57. The lowest BCUT2D eigenvalue weighted by atomic mass is 9.92. The summed E-state index contributed by atoms with van der Waals surface area (Å²) in [5, 5.41) is 12.1. The van der Waals surface area contributed by atoms with Gasteiger partial charge in [0.15, 0.2) is 5.82 Å². The fraction of sp³-hybridized carbons (Fsp3) is 0.368. The molecule has 6 heteroatoms. The van der Waals surface area contributed by atoms with Gasteiger partial charge in [-0.2, -0.15) is 0 Å². The first-order valence-corrected chi connectivity index (χ1v) is 8.42. The van der Waals surface area contributed by atoms with Crippen molar-refractivity contribution in [1.29, 1.82) is 0 Å². The number of aliphatic carboxylic acids is 1. The molecule has 0 atom stereocenters. The predicted octanol–water partition coefficient (Wildman–Crippen LogP) is 2.97. The summed E-state index contributed by atoms with van der Waals surface area (Å²) >= 11 is 0. The molecule has 130 valence electrons. The van der Waals surface area contributed by atoms with Gasteiger partial charge < -0.3 is 10.4 Å². The van der Waals surface area contributed by atoms with Crippen molar-refractivity contribution in [3.05, 3.63) is 47.8 Å². The number of carbonyl (C=O) groups is 2. The van der Waals surface area contributed by atoms with Crippen LogP contribution in [0.3, 0.4) is 0 Å². The van der Waals surface area contributed by atoms with Crippen LogP contribution in [0.2, 0.25) is 0 Å². The highest BCUT2D eigenvalue weighted by molar-refractivity contribution is 5.95. The summed E-state index contributed by atoms with van der Waals surface area (Å²) in [6.45, 7) is 1.77. The number of aromatic nitrogens is 2. The van der Waals surface area contributed by atoms with E-state index in [4.69, 9.17) is 5.11 Å². The molecule has 0 spiro atoms. The number of nitrogens with one attached hydrogen (secondary N) is 1. The number of rotatable bonds is 5. The standard InChI is InChI=1S/C19H21N3O3/c1-13-15(12-20-17(21-13)14-7-3-2-4-8-14)18(25)22-19(11-16(23)24)9-5-6-10-19/h2-4,7-8,12H,5-6,9-11H2,1H3,(H,22,25)(H,23,24). The van der Waals surface area contributed by atoms with Crippen LogP contribution < -0.4 is 5.32 Å². The summed E-state index contributed by atoms with van der Waals surface area (Å²) in [4.78, 5) is 32.6. The second kappa shape index (κ2) is 7.01. The van der Waals surface area contributed by atoms with Crippen molar-refractivity contribution in [1.82, 2.24) is 15.3 Å². The molecule has 1 heterocycles. The van der Waals surface area contributed by atoms with Gasteiger partial charge in [0.25, 0.3) is 5.91 Å². The molecule has 1 amide bonds. The summed E-state index contributed by atoms with van der Waals surface area (Å²) in [5.41, 5.74) is 1.19. The van der Waals surface area contributed by atoms with Crippen LogP contribution in [-0.4, -0.2) is 32.5 Å². The van der Waals surface area contributed by atoms with Gasteiger partial charge in [-0.05, 0) is 19.8 Å². The van der Waals surface area contributed by atoms with Crippen molar-refractivity contribution in [2.75, 3.05) is 0 Å². The first kappa shape index (κ1) is 17.1. The minimum Gasteiger partial charge on any atom is -0.481 e. The number of carboxylic acids is 1. The van der Waals surface area contributed by atoms with Gasteiger partial charge in [-0.25, -0.2) is 9.97 Å². The molecular formula is C19H21N3O3. The van der Waals surface area contributed by atoms with E-state index >= 15 is 0 Å². The van der Waals surface area contributed by atoms with Gasteiger partial charge in [0.2, 0.25) is 0 Å². The lowest BCUT2D eigenvalue weighted by molar-refractivity contribution is -0.138. The van der Waals surface area contributed by atoms with Gasteiger partial charge in [-0.1, -0.05) is 43.2 Å². The molecule has 6 nitrogen and oxygen atoms in total. The number of nitrogens with zero attached hydrogens (tertiary/aromatic N) is 2. The van der Waals surface area contributed by atoms with Gasteiger partial charge >= 0.3 is 5.97 Å². The van der Waals surface area contributed by atoms with Crippen molar-refractivity contribution in [3.8, 4) is 11.4 Å². The molecule has 0 aliphatic heterocycles. The lowest BCUT2D eigenvalue weighted by Crippen LogP contribution is -2.48. The minimum absolute atomic E-state index is 0.0548. The van der Waals surface area contributed by atoms with E-state index in [1.54, 1.807) is 6.92 Å². The Morgan fingerprint density at radius 2 is 1.88 bits per heavy atom. The number of hydrogen-bond acceptors (Lipinski definition) is 4. The van der Waals surface area contributed by atoms with Crippen molar-refractivity contribution in [2.45, 2.75) is 44.6 Å². The minimum atomic E-state index is -0.894. The first-order valence-electron chi connectivity index (χ1n) is 8.42. The number of benzene rings is 1. The highest BCUT2D eigenvalue weighted by Gasteiger charge is 2.38. The van der Waals surface area contributed by atoms with Crippen molar-refractivity contribution < 1.29 is 14.7 Å². The van der Waals surface area contributed by atoms with Gasteiger partial charge in [0, 0.05) is 11.8 Å². The Balaban J connectivity index is 1.81. The highest BCUT2D eigenvalue weighted by Crippen LogP contribution is 2.33. The zero-order valence-corrected chi connectivity index (χ0v) is 14.2. The zero-order valence-electron chi connectivity index (χ0n) is 14.2. The molecule has 0 unspecified atom stereocenters. The monoisotopic (exact) mass is 339 g/mol. The molecule has 2 N–H and O–H groups in total. The third kappa shape index (κ3) is 3.84. The average molecular weight is 339 g/mol. The average Bonchev–Trinajstić information content (AvgIpc) is 3.02. The fourth-order valence-electron chi connectivity index (χ4n) is 3.41. The lowest BCUT2D eigenvalue weighted by Gasteiger charge is -2.28.